The summed E-state index contributed by atoms with van der Waals surface area (Å²) < 4.78 is 27.8. The molecule has 4 nitrogen and oxygen atoms in total. The molecule has 1 aliphatic heterocycles. The average Bonchev–Trinajstić information content (AvgIpc) is 2.80. The zero-order chi connectivity index (χ0) is 15.2. The molecule has 1 unspecified atom stereocenters. The Balaban J connectivity index is 1.83. The van der Waals surface area contributed by atoms with Crippen molar-refractivity contribution in [2.24, 2.45) is 5.73 Å². The number of alkyl halides is 2. The molecule has 2 heterocycles. The molecule has 2 aromatic rings. The third-order valence-corrected chi connectivity index (χ3v) is 4.66. The second kappa shape index (κ2) is 4.99. The fourth-order valence-electron chi connectivity index (χ4n) is 2.47. The van der Waals surface area contributed by atoms with Crippen molar-refractivity contribution in [3.8, 4) is 0 Å². The van der Waals surface area contributed by atoms with Crippen molar-refractivity contribution in [1.82, 2.24) is 9.88 Å². The quantitative estimate of drug-likeness (QED) is 0.880. The van der Waals surface area contributed by atoms with Crippen molar-refractivity contribution < 1.29 is 13.6 Å². The van der Waals surface area contributed by atoms with Gasteiger partial charge in [0.1, 0.15) is 0 Å². The summed E-state index contributed by atoms with van der Waals surface area (Å²) >= 11 is 1.55. The van der Waals surface area contributed by atoms with Gasteiger partial charge in [-0.25, -0.2) is 13.8 Å². The average molecular weight is 311 g/mol. The first kappa shape index (κ1) is 14.3. The summed E-state index contributed by atoms with van der Waals surface area (Å²) in [6.45, 7) is 1.80. The number of hydrogen-bond donors (Lipinski definition) is 1. The van der Waals surface area contributed by atoms with Crippen LogP contribution in [0, 0.1) is 6.92 Å². The van der Waals surface area contributed by atoms with E-state index < -0.39 is 18.4 Å². The molecular weight excluding hydrogens is 296 g/mol. The number of rotatable bonds is 1. The highest BCUT2D eigenvalue weighted by atomic mass is 32.1. The van der Waals surface area contributed by atoms with Gasteiger partial charge >= 0.3 is 0 Å². The molecule has 0 saturated carbocycles. The maximum Gasteiger partial charge on any atom is 0.266 e. The molecule has 0 spiro atoms. The van der Waals surface area contributed by atoms with Crippen LogP contribution >= 0.6 is 11.3 Å². The lowest BCUT2D eigenvalue weighted by Gasteiger charge is -2.36. The van der Waals surface area contributed by atoms with Gasteiger partial charge in [-0.15, -0.1) is 11.3 Å². The van der Waals surface area contributed by atoms with Gasteiger partial charge in [0.05, 0.1) is 21.3 Å². The predicted molar refractivity (Wildman–Crippen MR) is 77.8 cm³/mol. The van der Waals surface area contributed by atoms with E-state index in [1.165, 1.54) is 4.90 Å². The lowest BCUT2D eigenvalue weighted by molar-refractivity contribution is -0.0662. The van der Waals surface area contributed by atoms with E-state index in [1.54, 1.807) is 23.5 Å². The van der Waals surface area contributed by atoms with Gasteiger partial charge in [0.15, 0.2) is 0 Å². The molecule has 7 heteroatoms. The van der Waals surface area contributed by atoms with Gasteiger partial charge in [0, 0.05) is 25.1 Å². The summed E-state index contributed by atoms with van der Waals surface area (Å²) in [5.41, 5.74) is 6.68. The topological polar surface area (TPSA) is 59.2 Å². The SMILES string of the molecule is Cc1nc2cc(C(=O)N3CCC(F)(F)C(N)C3)ccc2s1. The molecular formula is C14H15F2N3OS. The number of thiazole rings is 1. The Kier molecular flexibility index (Phi) is 3.41. The van der Waals surface area contributed by atoms with E-state index in [0.717, 1.165) is 15.2 Å². The number of halogens is 2. The smallest absolute Gasteiger partial charge is 0.266 e. The number of amides is 1. The number of likely N-dealkylation sites (tertiary alicyclic amines) is 1. The van der Waals surface area contributed by atoms with Crippen molar-refractivity contribution in [3.05, 3.63) is 28.8 Å². The van der Waals surface area contributed by atoms with Gasteiger partial charge in [-0.1, -0.05) is 0 Å². The van der Waals surface area contributed by atoms with Gasteiger partial charge in [-0.3, -0.25) is 4.79 Å². The summed E-state index contributed by atoms with van der Waals surface area (Å²) in [4.78, 5) is 18.1. The largest absolute Gasteiger partial charge is 0.337 e. The zero-order valence-electron chi connectivity index (χ0n) is 11.5. The minimum atomic E-state index is -2.90. The molecule has 1 atom stereocenters. The lowest BCUT2D eigenvalue weighted by atomic mass is 10.0. The number of fused-ring (bicyclic) bond motifs is 1. The second-order valence-electron chi connectivity index (χ2n) is 5.28. The van der Waals surface area contributed by atoms with Crippen LogP contribution in [0.1, 0.15) is 21.8 Å². The number of aryl methyl sites for hydroxylation is 1. The van der Waals surface area contributed by atoms with Crippen molar-refractivity contribution in [2.75, 3.05) is 13.1 Å². The summed E-state index contributed by atoms with van der Waals surface area (Å²) in [5, 5.41) is 0.925. The summed E-state index contributed by atoms with van der Waals surface area (Å²) in [6, 6.07) is 3.95. The molecule has 1 aliphatic rings. The fourth-order valence-corrected chi connectivity index (χ4v) is 3.28. The summed E-state index contributed by atoms with van der Waals surface area (Å²) in [5.74, 6) is -3.17. The van der Waals surface area contributed by atoms with Crippen molar-refractivity contribution >= 4 is 27.5 Å². The maximum absolute atomic E-state index is 13.4. The third-order valence-electron chi connectivity index (χ3n) is 3.70. The molecule has 21 heavy (non-hydrogen) atoms. The number of nitrogens with two attached hydrogens (primary N) is 1. The van der Waals surface area contributed by atoms with Crippen LogP contribution in [-0.4, -0.2) is 40.8 Å². The Labute approximate surface area is 124 Å². The predicted octanol–water partition coefficient (Wildman–Crippen LogP) is 2.41. The van der Waals surface area contributed by atoms with Crippen molar-refractivity contribution in [2.45, 2.75) is 25.3 Å². The van der Waals surface area contributed by atoms with Crippen molar-refractivity contribution in [3.63, 3.8) is 0 Å². The molecule has 3 rings (SSSR count). The molecule has 0 bridgehead atoms. The number of nitrogens with zero attached hydrogens (tertiary/aromatic N) is 2. The molecule has 0 aliphatic carbocycles. The molecule has 1 aromatic carbocycles. The van der Waals surface area contributed by atoms with Crippen LogP contribution in [0.2, 0.25) is 0 Å². The number of carbonyl (C=O) groups is 1. The van der Waals surface area contributed by atoms with Gasteiger partial charge in [-0.2, -0.15) is 0 Å². The van der Waals surface area contributed by atoms with Crippen LogP contribution < -0.4 is 5.73 Å². The van der Waals surface area contributed by atoms with E-state index >= 15 is 0 Å². The summed E-state index contributed by atoms with van der Waals surface area (Å²) in [7, 11) is 0. The van der Waals surface area contributed by atoms with E-state index in [0.29, 0.717) is 5.56 Å². The highest BCUT2D eigenvalue weighted by Crippen LogP contribution is 2.28. The van der Waals surface area contributed by atoms with E-state index in [1.807, 2.05) is 13.0 Å². The fraction of sp³-hybridized carbons (Fsp3) is 0.429. The number of benzene rings is 1. The first-order valence-corrected chi connectivity index (χ1v) is 7.48. The molecule has 1 aromatic heterocycles. The highest BCUT2D eigenvalue weighted by molar-refractivity contribution is 7.18. The number of aromatic nitrogens is 1. The molecule has 1 saturated heterocycles. The number of hydrogen-bond acceptors (Lipinski definition) is 4. The molecule has 1 fully saturated rings. The number of carbonyl (C=O) groups excluding carboxylic acids is 1. The minimum absolute atomic E-state index is 0.0215. The van der Waals surface area contributed by atoms with Crippen LogP contribution in [0.3, 0.4) is 0 Å². The van der Waals surface area contributed by atoms with Crippen LogP contribution in [0.5, 0.6) is 0 Å². The normalized spacial score (nSPS) is 21.7. The third kappa shape index (κ3) is 2.63. The van der Waals surface area contributed by atoms with E-state index in [4.69, 9.17) is 5.73 Å². The molecule has 1 amide bonds. The molecule has 0 radical (unpaired) electrons. The van der Waals surface area contributed by atoms with Crippen LogP contribution in [0.25, 0.3) is 10.2 Å². The van der Waals surface area contributed by atoms with Crippen LogP contribution in [0.4, 0.5) is 8.78 Å². The van der Waals surface area contributed by atoms with E-state index in [-0.39, 0.29) is 19.0 Å². The maximum atomic E-state index is 13.4. The molecule has 2 N–H and O–H groups in total. The van der Waals surface area contributed by atoms with E-state index in [2.05, 4.69) is 4.98 Å². The Morgan fingerprint density at radius 3 is 3.00 bits per heavy atom. The Hall–Kier alpha value is -1.60. The zero-order valence-corrected chi connectivity index (χ0v) is 12.3. The van der Waals surface area contributed by atoms with Crippen molar-refractivity contribution in [1.29, 1.82) is 0 Å². The van der Waals surface area contributed by atoms with Crippen LogP contribution in [-0.2, 0) is 0 Å². The van der Waals surface area contributed by atoms with Crippen LogP contribution in [0.15, 0.2) is 18.2 Å². The first-order valence-electron chi connectivity index (χ1n) is 6.67. The standard InChI is InChI=1S/C14H15F2N3OS/c1-8-18-10-6-9(2-3-11(10)21-8)13(20)19-5-4-14(15,16)12(17)7-19/h2-3,6,12H,4-5,7,17H2,1H3. The first-order chi connectivity index (χ1) is 9.87. The number of piperidine rings is 1. The molecule has 112 valence electrons. The summed E-state index contributed by atoms with van der Waals surface area (Å²) in [6.07, 6.45) is -0.391. The second-order valence-corrected chi connectivity index (χ2v) is 6.52. The highest BCUT2D eigenvalue weighted by Gasteiger charge is 2.43. The Morgan fingerprint density at radius 1 is 1.52 bits per heavy atom. The van der Waals surface area contributed by atoms with Gasteiger partial charge in [0.2, 0.25) is 0 Å². The van der Waals surface area contributed by atoms with Gasteiger partial charge < -0.3 is 10.6 Å². The monoisotopic (exact) mass is 311 g/mol. The Bertz CT molecular complexity index is 701. The lowest BCUT2D eigenvalue weighted by Crippen LogP contribution is -2.56. The van der Waals surface area contributed by atoms with E-state index in [9.17, 15) is 13.6 Å². The van der Waals surface area contributed by atoms with Gasteiger partial charge in [0.25, 0.3) is 11.8 Å². The Morgan fingerprint density at radius 2 is 2.29 bits per heavy atom. The van der Waals surface area contributed by atoms with Gasteiger partial charge in [-0.05, 0) is 25.1 Å². The minimum Gasteiger partial charge on any atom is -0.337 e.